The van der Waals surface area contributed by atoms with Gasteiger partial charge in [0.1, 0.15) is 11.3 Å². The van der Waals surface area contributed by atoms with E-state index >= 15 is 0 Å². The Morgan fingerprint density at radius 1 is 1.21 bits per heavy atom. The van der Waals surface area contributed by atoms with Gasteiger partial charge in [0, 0.05) is 39.9 Å². The highest BCUT2D eigenvalue weighted by molar-refractivity contribution is 6.05. The number of hydrogen-bond donors (Lipinski definition) is 1. The number of nitrogens with one attached hydrogen (secondary N) is 1. The third-order valence-corrected chi connectivity index (χ3v) is 5.08. The minimum absolute atomic E-state index is 0.200. The summed E-state index contributed by atoms with van der Waals surface area (Å²) < 4.78 is 11.3. The Balaban J connectivity index is 1.66. The molecular weight excluding hydrogens is 364 g/mol. The second-order valence-corrected chi connectivity index (χ2v) is 7.11. The van der Waals surface area contributed by atoms with E-state index in [0.717, 1.165) is 49.8 Å². The van der Waals surface area contributed by atoms with Crippen LogP contribution in [-0.4, -0.2) is 18.0 Å². The molecule has 1 N–H and O–H groups in total. The first-order valence-corrected chi connectivity index (χ1v) is 9.37. The molecule has 0 aliphatic heterocycles. The van der Waals surface area contributed by atoms with Gasteiger partial charge in [0.05, 0.1) is 18.9 Å². The molecule has 0 spiro atoms. The molecule has 0 radical (unpaired) electrons. The number of aryl methyl sites for hydroxylation is 2. The normalized spacial score (nSPS) is 11.8. The number of methoxy groups -OCH3 is 1. The maximum absolute atomic E-state index is 12.6. The lowest BCUT2D eigenvalue weighted by Crippen LogP contribution is -2.08. The number of carbonyl (C=O) groups excluding carboxylic acids is 1. The van der Waals surface area contributed by atoms with Gasteiger partial charge in [-0.2, -0.15) is 0 Å². The molecule has 2 aromatic heterocycles. The number of carbonyl (C=O) groups is 1. The summed E-state index contributed by atoms with van der Waals surface area (Å²) in [4.78, 5) is 16.9. The lowest BCUT2D eigenvalue weighted by Gasteiger charge is -2.13. The van der Waals surface area contributed by atoms with E-state index in [2.05, 4.69) is 10.3 Å². The average molecular weight is 386 g/mol. The third kappa shape index (κ3) is 3.47. The average Bonchev–Trinajstić information content (AvgIpc) is 3.08. The number of allylic oxidation sites excluding steroid dienone is 1. The van der Waals surface area contributed by atoms with Crippen LogP contribution in [0, 0.1) is 13.8 Å². The molecule has 2 heterocycles. The fourth-order valence-corrected chi connectivity index (χ4v) is 3.60. The van der Waals surface area contributed by atoms with Crippen molar-refractivity contribution in [2.75, 3.05) is 12.4 Å². The van der Waals surface area contributed by atoms with Gasteiger partial charge in [-0.15, -0.1) is 0 Å². The van der Waals surface area contributed by atoms with Crippen LogP contribution in [0.25, 0.3) is 27.4 Å². The SMILES string of the molecule is COc1c(/C(C)=C/C(=O)Nc2ccc3ncccc3c2)cc2c(C)coc2c1C. The third-order valence-electron chi connectivity index (χ3n) is 5.08. The molecule has 1 amide bonds. The summed E-state index contributed by atoms with van der Waals surface area (Å²) in [5.74, 6) is 0.514. The van der Waals surface area contributed by atoms with Crippen LogP contribution in [0.5, 0.6) is 5.75 Å². The molecule has 0 aliphatic carbocycles. The fourth-order valence-electron chi connectivity index (χ4n) is 3.60. The molecule has 5 nitrogen and oxygen atoms in total. The number of ether oxygens (including phenoxy) is 1. The first-order chi connectivity index (χ1) is 14.0. The Morgan fingerprint density at radius 2 is 2.03 bits per heavy atom. The fraction of sp³-hybridized carbons (Fsp3) is 0.167. The summed E-state index contributed by atoms with van der Waals surface area (Å²) in [5.41, 5.74) is 6.08. The lowest BCUT2D eigenvalue weighted by molar-refractivity contribution is -0.111. The highest BCUT2D eigenvalue weighted by atomic mass is 16.5. The van der Waals surface area contributed by atoms with Crippen LogP contribution in [0.15, 0.2) is 59.4 Å². The summed E-state index contributed by atoms with van der Waals surface area (Å²) in [6.07, 6.45) is 5.08. The molecule has 29 heavy (non-hydrogen) atoms. The Kier molecular flexibility index (Phi) is 4.80. The monoisotopic (exact) mass is 386 g/mol. The van der Waals surface area contributed by atoms with E-state index in [4.69, 9.17) is 9.15 Å². The number of nitrogens with zero attached hydrogens (tertiary/aromatic N) is 1. The van der Waals surface area contributed by atoms with Gasteiger partial charge in [-0.05, 0) is 62.2 Å². The molecule has 146 valence electrons. The number of benzene rings is 2. The minimum Gasteiger partial charge on any atom is -0.496 e. The van der Waals surface area contributed by atoms with Crippen LogP contribution in [0.1, 0.15) is 23.6 Å². The van der Waals surface area contributed by atoms with Crippen molar-refractivity contribution in [1.29, 1.82) is 0 Å². The van der Waals surface area contributed by atoms with Crippen LogP contribution in [0.3, 0.4) is 0 Å². The topological polar surface area (TPSA) is 64.4 Å². The van der Waals surface area contributed by atoms with Crippen molar-refractivity contribution in [3.8, 4) is 5.75 Å². The molecular formula is C24H22N2O3. The quantitative estimate of drug-likeness (QED) is 0.460. The molecule has 0 unspecified atom stereocenters. The summed E-state index contributed by atoms with van der Waals surface area (Å²) in [5, 5.41) is 4.93. The predicted octanol–water partition coefficient (Wildman–Crippen LogP) is 5.65. The Bertz CT molecular complexity index is 1270. The van der Waals surface area contributed by atoms with Gasteiger partial charge in [0.15, 0.2) is 0 Å². The summed E-state index contributed by atoms with van der Waals surface area (Å²) in [6.45, 7) is 5.87. The molecule has 0 atom stereocenters. The molecule has 5 heteroatoms. The van der Waals surface area contributed by atoms with Crippen molar-refractivity contribution in [2.45, 2.75) is 20.8 Å². The van der Waals surface area contributed by atoms with Crippen LogP contribution >= 0.6 is 0 Å². The molecule has 0 saturated carbocycles. The largest absolute Gasteiger partial charge is 0.496 e. The zero-order chi connectivity index (χ0) is 20.5. The smallest absolute Gasteiger partial charge is 0.248 e. The maximum Gasteiger partial charge on any atom is 0.248 e. The lowest BCUT2D eigenvalue weighted by atomic mass is 9.98. The zero-order valence-corrected chi connectivity index (χ0v) is 16.9. The minimum atomic E-state index is -0.200. The highest BCUT2D eigenvalue weighted by Gasteiger charge is 2.16. The Morgan fingerprint density at radius 3 is 2.83 bits per heavy atom. The molecule has 4 aromatic rings. The van der Waals surface area contributed by atoms with Crippen molar-refractivity contribution in [3.05, 3.63) is 71.6 Å². The summed E-state index contributed by atoms with van der Waals surface area (Å²) >= 11 is 0. The number of anilines is 1. The number of pyridine rings is 1. The van der Waals surface area contributed by atoms with Gasteiger partial charge in [-0.1, -0.05) is 6.07 Å². The van der Waals surface area contributed by atoms with E-state index in [0.29, 0.717) is 5.75 Å². The summed E-state index contributed by atoms with van der Waals surface area (Å²) in [7, 11) is 1.63. The number of amides is 1. The number of rotatable bonds is 4. The first kappa shape index (κ1) is 18.7. The van der Waals surface area contributed by atoms with Gasteiger partial charge < -0.3 is 14.5 Å². The highest BCUT2D eigenvalue weighted by Crippen LogP contribution is 2.37. The van der Waals surface area contributed by atoms with Crippen molar-refractivity contribution < 1.29 is 13.9 Å². The van der Waals surface area contributed by atoms with Crippen LogP contribution in [0.4, 0.5) is 5.69 Å². The molecule has 0 saturated heterocycles. The summed E-state index contributed by atoms with van der Waals surface area (Å²) in [6, 6.07) is 11.5. The Hall–Kier alpha value is -3.60. The number of hydrogen-bond acceptors (Lipinski definition) is 4. The van der Waals surface area contributed by atoms with E-state index in [1.165, 1.54) is 0 Å². The number of fused-ring (bicyclic) bond motifs is 2. The second kappa shape index (κ2) is 7.43. The molecule has 0 fully saturated rings. The molecule has 2 aromatic carbocycles. The van der Waals surface area contributed by atoms with Crippen LogP contribution in [0.2, 0.25) is 0 Å². The standard InChI is InChI=1S/C24H22N2O3/c1-14(19-12-20-15(2)13-29-24(20)16(3)23(19)28-4)10-22(27)26-18-7-8-21-17(11-18)6-5-9-25-21/h5-13H,1-4H3,(H,26,27)/b14-10+. The zero-order valence-electron chi connectivity index (χ0n) is 16.9. The van der Waals surface area contributed by atoms with Gasteiger partial charge >= 0.3 is 0 Å². The van der Waals surface area contributed by atoms with Crippen molar-refractivity contribution in [1.82, 2.24) is 4.98 Å². The number of furan rings is 1. The van der Waals surface area contributed by atoms with Gasteiger partial charge in [0.25, 0.3) is 0 Å². The first-order valence-electron chi connectivity index (χ1n) is 9.37. The van der Waals surface area contributed by atoms with Crippen LogP contribution in [-0.2, 0) is 4.79 Å². The van der Waals surface area contributed by atoms with E-state index < -0.39 is 0 Å². The molecule has 0 aliphatic rings. The Labute approximate surface area is 169 Å². The van der Waals surface area contributed by atoms with Gasteiger partial charge in [-0.25, -0.2) is 0 Å². The molecule has 0 bridgehead atoms. The van der Waals surface area contributed by atoms with Gasteiger partial charge in [-0.3, -0.25) is 9.78 Å². The van der Waals surface area contributed by atoms with E-state index in [-0.39, 0.29) is 5.91 Å². The number of aromatic nitrogens is 1. The van der Waals surface area contributed by atoms with Crippen molar-refractivity contribution in [3.63, 3.8) is 0 Å². The molecule has 4 rings (SSSR count). The van der Waals surface area contributed by atoms with Gasteiger partial charge in [0.2, 0.25) is 5.91 Å². The van der Waals surface area contributed by atoms with Crippen molar-refractivity contribution >= 4 is 39.0 Å². The van der Waals surface area contributed by atoms with Crippen molar-refractivity contribution in [2.24, 2.45) is 0 Å². The predicted molar refractivity (Wildman–Crippen MR) is 116 cm³/mol. The van der Waals surface area contributed by atoms with E-state index in [1.54, 1.807) is 25.6 Å². The maximum atomic E-state index is 12.6. The second-order valence-electron chi connectivity index (χ2n) is 7.11. The van der Waals surface area contributed by atoms with E-state index in [1.807, 2.05) is 57.2 Å². The van der Waals surface area contributed by atoms with E-state index in [9.17, 15) is 4.79 Å². The van der Waals surface area contributed by atoms with Crippen LogP contribution < -0.4 is 10.1 Å².